The molecule has 4 nitrogen and oxygen atoms in total. The Morgan fingerprint density at radius 1 is 1.21 bits per heavy atom. The number of carbonyl (C=O) groups is 1. The zero-order valence-electron chi connectivity index (χ0n) is 12.0. The molecule has 0 aliphatic carbocycles. The maximum Gasteiger partial charge on any atom is 0.164 e. The first-order valence-corrected chi connectivity index (χ1v) is 5.97. The van der Waals surface area contributed by atoms with Crippen LogP contribution in [0.25, 0.3) is 5.76 Å². The van der Waals surface area contributed by atoms with Crippen LogP contribution in [0, 0.1) is 5.41 Å². The van der Waals surface area contributed by atoms with Gasteiger partial charge in [-0.1, -0.05) is 20.8 Å². The lowest BCUT2D eigenvalue weighted by Gasteiger charge is -2.14. The molecule has 0 amide bonds. The summed E-state index contributed by atoms with van der Waals surface area (Å²) in [4.78, 5) is 11.9. The highest BCUT2D eigenvalue weighted by Crippen LogP contribution is 2.29. The Bertz CT molecular complexity index is 495. The summed E-state index contributed by atoms with van der Waals surface area (Å²) in [6.45, 7) is 5.38. The topological polar surface area (TPSA) is 55.8 Å². The molecule has 0 saturated carbocycles. The number of ketones is 1. The van der Waals surface area contributed by atoms with Crippen molar-refractivity contribution in [3.8, 4) is 11.5 Å². The summed E-state index contributed by atoms with van der Waals surface area (Å²) in [6, 6.07) is 5.03. The molecule has 0 aliphatic heterocycles. The van der Waals surface area contributed by atoms with Crippen LogP contribution in [0.3, 0.4) is 0 Å². The van der Waals surface area contributed by atoms with E-state index in [1.807, 2.05) is 0 Å². The third kappa shape index (κ3) is 3.74. The second-order valence-corrected chi connectivity index (χ2v) is 5.21. The van der Waals surface area contributed by atoms with Crippen LogP contribution in [-0.2, 0) is 4.79 Å². The molecule has 4 heteroatoms. The third-order valence-electron chi connectivity index (χ3n) is 2.69. The van der Waals surface area contributed by atoms with E-state index in [-0.39, 0.29) is 11.5 Å². The first kappa shape index (κ1) is 15.1. The van der Waals surface area contributed by atoms with Crippen LogP contribution in [-0.4, -0.2) is 25.1 Å². The van der Waals surface area contributed by atoms with Gasteiger partial charge in [0.05, 0.1) is 19.8 Å². The second-order valence-electron chi connectivity index (χ2n) is 5.21. The van der Waals surface area contributed by atoms with Crippen LogP contribution in [0.5, 0.6) is 11.5 Å². The SMILES string of the molecule is COc1ccc(OC)c(/C(O)=C/C(=O)C(C)(C)C)c1. The molecule has 1 rings (SSSR count). The molecule has 0 radical (unpaired) electrons. The number of ether oxygens (including phenoxy) is 2. The van der Waals surface area contributed by atoms with Crippen LogP contribution >= 0.6 is 0 Å². The van der Waals surface area contributed by atoms with Crippen molar-refractivity contribution < 1.29 is 19.4 Å². The maximum atomic E-state index is 11.9. The zero-order chi connectivity index (χ0) is 14.6. The number of aliphatic hydroxyl groups excluding tert-OH is 1. The molecular formula is C15H20O4. The van der Waals surface area contributed by atoms with Gasteiger partial charge in [0, 0.05) is 11.5 Å². The van der Waals surface area contributed by atoms with Gasteiger partial charge in [0.1, 0.15) is 17.3 Å². The number of aliphatic hydroxyl groups is 1. The predicted molar refractivity (Wildman–Crippen MR) is 74.6 cm³/mol. The fourth-order valence-electron chi connectivity index (χ4n) is 1.43. The number of allylic oxidation sites excluding steroid dienone is 1. The van der Waals surface area contributed by atoms with Crippen molar-refractivity contribution in [3.63, 3.8) is 0 Å². The summed E-state index contributed by atoms with van der Waals surface area (Å²) in [7, 11) is 3.04. The number of hydrogen-bond donors (Lipinski definition) is 1. The minimum Gasteiger partial charge on any atom is -0.507 e. The standard InChI is InChI=1S/C15H20O4/c1-15(2,3)14(17)9-12(16)11-8-10(18-4)6-7-13(11)19-5/h6-9,16H,1-5H3/b12-9-. The van der Waals surface area contributed by atoms with E-state index in [4.69, 9.17) is 9.47 Å². The van der Waals surface area contributed by atoms with Crippen LogP contribution in [0.15, 0.2) is 24.3 Å². The van der Waals surface area contributed by atoms with Crippen molar-refractivity contribution in [2.24, 2.45) is 5.41 Å². The first-order valence-electron chi connectivity index (χ1n) is 5.97. The van der Waals surface area contributed by atoms with E-state index in [1.54, 1.807) is 39.0 Å². The lowest BCUT2D eigenvalue weighted by molar-refractivity contribution is -0.121. The molecular weight excluding hydrogens is 244 g/mol. The van der Waals surface area contributed by atoms with E-state index < -0.39 is 5.41 Å². The summed E-state index contributed by atoms with van der Waals surface area (Å²) >= 11 is 0. The molecule has 1 aromatic carbocycles. The summed E-state index contributed by atoms with van der Waals surface area (Å²) < 4.78 is 10.3. The molecule has 104 valence electrons. The van der Waals surface area contributed by atoms with Gasteiger partial charge >= 0.3 is 0 Å². The van der Waals surface area contributed by atoms with Gasteiger partial charge in [-0.15, -0.1) is 0 Å². The molecule has 1 aromatic rings. The van der Waals surface area contributed by atoms with Crippen molar-refractivity contribution in [2.75, 3.05) is 14.2 Å². The monoisotopic (exact) mass is 264 g/mol. The van der Waals surface area contributed by atoms with Crippen molar-refractivity contribution in [1.82, 2.24) is 0 Å². The lowest BCUT2D eigenvalue weighted by atomic mass is 9.90. The minimum atomic E-state index is -0.542. The number of benzene rings is 1. The fraction of sp³-hybridized carbons (Fsp3) is 0.400. The molecule has 0 fully saturated rings. The van der Waals surface area contributed by atoms with Gasteiger partial charge < -0.3 is 14.6 Å². The molecule has 0 spiro atoms. The van der Waals surface area contributed by atoms with Gasteiger partial charge in [0.25, 0.3) is 0 Å². The van der Waals surface area contributed by atoms with Gasteiger partial charge in [-0.2, -0.15) is 0 Å². The van der Waals surface area contributed by atoms with E-state index in [0.717, 1.165) is 0 Å². The predicted octanol–water partition coefficient (Wildman–Crippen LogP) is 3.22. The van der Waals surface area contributed by atoms with Gasteiger partial charge in [-0.3, -0.25) is 4.79 Å². The Balaban J connectivity index is 3.21. The normalized spacial score (nSPS) is 12.2. The Morgan fingerprint density at radius 2 is 1.84 bits per heavy atom. The largest absolute Gasteiger partial charge is 0.507 e. The number of carbonyl (C=O) groups excluding carboxylic acids is 1. The highest BCUT2D eigenvalue weighted by Gasteiger charge is 2.21. The summed E-state index contributed by atoms with van der Waals surface area (Å²) in [6.07, 6.45) is 1.22. The molecule has 0 bridgehead atoms. The number of hydrogen-bond acceptors (Lipinski definition) is 4. The fourth-order valence-corrected chi connectivity index (χ4v) is 1.43. The summed E-state index contributed by atoms with van der Waals surface area (Å²) in [5.74, 6) is 0.778. The lowest BCUT2D eigenvalue weighted by Crippen LogP contribution is -2.17. The van der Waals surface area contributed by atoms with E-state index in [9.17, 15) is 9.90 Å². The Hall–Kier alpha value is -1.97. The van der Waals surface area contributed by atoms with Crippen molar-refractivity contribution >= 4 is 11.5 Å². The van der Waals surface area contributed by atoms with Crippen LogP contribution in [0.2, 0.25) is 0 Å². The van der Waals surface area contributed by atoms with E-state index in [0.29, 0.717) is 17.1 Å². The van der Waals surface area contributed by atoms with Crippen LogP contribution < -0.4 is 9.47 Å². The molecule has 1 N–H and O–H groups in total. The van der Waals surface area contributed by atoms with E-state index >= 15 is 0 Å². The Labute approximate surface area is 113 Å². The molecule has 0 unspecified atom stereocenters. The molecule has 0 aromatic heterocycles. The molecule has 19 heavy (non-hydrogen) atoms. The molecule has 0 aliphatic rings. The third-order valence-corrected chi connectivity index (χ3v) is 2.69. The second kappa shape index (κ2) is 5.78. The Kier molecular flexibility index (Phi) is 4.59. The summed E-state index contributed by atoms with van der Waals surface area (Å²) in [5.41, 5.74) is -0.112. The smallest absolute Gasteiger partial charge is 0.164 e. The first-order chi connectivity index (χ1) is 8.79. The van der Waals surface area contributed by atoms with Crippen molar-refractivity contribution in [2.45, 2.75) is 20.8 Å². The van der Waals surface area contributed by atoms with Crippen LogP contribution in [0.4, 0.5) is 0 Å². The van der Waals surface area contributed by atoms with Crippen molar-refractivity contribution in [3.05, 3.63) is 29.8 Å². The Morgan fingerprint density at radius 3 is 2.32 bits per heavy atom. The minimum absolute atomic E-state index is 0.129. The quantitative estimate of drug-likeness (QED) is 0.670. The maximum absolute atomic E-state index is 11.9. The average molecular weight is 264 g/mol. The highest BCUT2D eigenvalue weighted by atomic mass is 16.5. The zero-order valence-corrected chi connectivity index (χ0v) is 12.0. The average Bonchev–Trinajstić information content (AvgIpc) is 2.36. The molecule has 0 saturated heterocycles. The van der Waals surface area contributed by atoms with Crippen molar-refractivity contribution in [1.29, 1.82) is 0 Å². The number of rotatable bonds is 4. The molecule has 0 heterocycles. The van der Waals surface area contributed by atoms with Crippen LogP contribution in [0.1, 0.15) is 26.3 Å². The van der Waals surface area contributed by atoms with E-state index in [2.05, 4.69) is 0 Å². The van der Waals surface area contributed by atoms with E-state index in [1.165, 1.54) is 20.3 Å². The van der Waals surface area contributed by atoms with Gasteiger partial charge in [-0.25, -0.2) is 0 Å². The highest BCUT2D eigenvalue weighted by molar-refractivity contribution is 5.99. The molecule has 0 atom stereocenters. The summed E-state index contributed by atoms with van der Waals surface area (Å²) in [5, 5.41) is 10.1. The van der Waals surface area contributed by atoms with Gasteiger partial charge in [0.15, 0.2) is 5.78 Å². The number of methoxy groups -OCH3 is 2. The van der Waals surface area contributed by atoms with Gasteiger partial charge in [-0.05, 0) is 18.2 Å². The van der Waals surface area contributed by atoms with Gasteiger partial charge in [0.2, 0.25) is 0 Å².